The van der Waals surface area contributed by atoms with Crippen LogP contribution >= 0.6 is 0 Å². The van der Waals surface area contributed by atoms with E-state index in [1.54, 1.807) is 12.0 Å². The Hall–Kier alpha value is -1.59. The molecule has 0 bridgehead atoms. The van der Waals surface area contributed by atoms with Crippen molar-refractivity contribution in [3.63, 3.8) is 0 Å². The average molecular weight is 320 g/mol. The van der Waals surface area contributed by atoms with Gasteiger partial charge in [-0.15, -0.1) is 0 Å². The largest absolute Gasteiger partial charge is 0.444 e. The zero-order valence-corrected chi connectivity index (χ0v) is 14.5. The predicted molar refractivity (Wildman–Crippen MR) is 90.3 cm³/mol. The highest BCUT2D eigenvalue weighted by molar-refractivity contribution is 5.68. The van der Waals surface area contributed by atoms with Crippen molar-refractivity contribution in [3.05, 3.63) is 35.9 Å². The normalized spacial score (nSPS) is 21.7. The number of carbonyl (C=O) groups is 1. The van der Waals surface area contributed by atoms with Crippen molar-refractivity contribution in [1.29, 1.82) is 0 Å². The second-order valence-corrected chi connectivity index (χ2v) is 6.93. The third-order valence-corrected chi connectivity index (χ3v) is 3.92. The highest BCUT2D eigenvalue weighted by Gasteiger charge is 2.35. The summed E-state index contributed by atoms with van der Waals surface area (Å²) in [7, 11) is 1.71. The molecule has 23 heavy (non-hydrogen) atoms. The van der Waals surface area contributed by atoms with Crippen LogP contribution in [-0.4, -0.2) is 48.9 Å². The molecule has 1 heterocycles. The molecule has 0 spiro atoms. The Morgan fingerprint density at radius 3 is 2.61 bits per heavy atom. The molecule has 1 saturated heterocycles. The van der Waals surface area contributed by atoms with Gasteiger partial charge in [0.15, 0.2) is 0 Å². The van der Waals surface area contributed by atoms with Gasteiger partial charge in [0.1, 0.15) is 5.60 Å². The first kappa shape index (κ1) is 17.8. The van der Waals surface area contributed by atoms with Crippen LogP contribution < -0.4 is 5.32 Å². The number of benzene rings is 1. The standard InChI is InChI=1S/C18H28N2O3/c1-18(2,3)23-17(21)20(13-14-8-6-5-7-9-14)15-12-19-11-10-16(15)22-4/h5-9,15-16,19H,10-13H2,1-4H3. The summed E-state index contributed by atoms with van der Waals surface area (Å²) in [6.45, 7) is 7.80. The number of amides is 1. The summed E-state index contributed by atoms with van der Waals surface area (Å²) in [5.41, 5.74) is 0.565. The Kier molecular flexibility index (Phi) is 6.02. The monoisotopic (exact) mass is 320 g/mol. The SMILES string of the molecule is COC1CCNCC1N(Cc1ccccc1)C(=O)OC(C)(C)C. The lowest BCUT2D eigenvalue weighted by Crippen LogP contribution is -2.56. The first-order chi connectivity index (χ1) is 10.9. The summed E-state index contributed by atoms with van der Waals surface area (Å²) < 4.78 is 11.2. The molecule has 128 valence electrons. The highest BCUT2D eigenvalue weighted by atomic mass is 16.6. The number of carbonyl (C=O) groups excluding carboxylic acids is 1. The van der Waals surface area contributed by atoms with Gasteiger partial charge in [-0.3, -0.25) is 4.90 Å². The third-order valence-electron chi connectivity index (χ3n) is 3.92. The molecule has 1 fully saturated rings. The van der Waals surface area contributed by atoms with Gasteiger partial charge in [0.05, 0.1) is 12.1 Å². The number of ether oxygens (including phenoxy) is 2. The molecule has 0 aliphatic carbocycles. The van der Waals surface area contributed by atoms with E-state index in [1.807, 2.05) is 51.1 Å². The van der Waals surface area contributed by atoms with E-state index in [0.29, 0.717) is 13.1 Å². The van der Waals surface area contributed by atoms with Gasteiger partial charge in [0.25, 0.3) is 0 Å². The number of hydrogen-bond donors (Lipinski definition) is 1. The highest BCUT2D eigenvalue weighted by Crippen LogP contribution is 2.20. The molecule has 1 aromatic carbocycles. The summed E-state index contributed by atoms with van der Waals surface area (Å²) in [6.07, 6.45) is 0.611. The maximum atomic E-state index is 12.7. The first-order valence-electron chi connectivity index (χ1n) is 8.18. The zero-order chi connectivity index (χ0) is 16.9. The molecular weight excluding hydrogens is 292 g/mol. The number of nitrogens with one attached hydrogen (secondary N) is 1. The van der Waals surface area contributed by atoms with Crippen molar-refractivity contribution >= 4 is 6.09 Å². The van der Waals surface area contributed by atoms with Crippen molar-refractivity contribution in [2.24, 2.45) is 0 Å². The minimum Gasteiger partial charge on any atom is -0.444 e. The van der Waals surface area contributed by atoms with E-state index in [2.05, 4.69) is 5.32 Å². The lowest BCUT2D eigenvalue weighted by molar-refractivity contribution is -0.0289. The number of methoxy groups -OCH3 is 1. The number of piperidine rings is 1. The molecule has 2 rings (SSSR count). The molecule has 5 nitrogen and oxygen atoms in total. The van der Waals surface area contributed by atoms with Crippen LogP contribution in [0.15, 0.2) is 30.3 Å². The van der Waals surface area contributed by atoms with Crippen molar-refractivity contribution in [2.75, 3.05) is 20.2 Å². The van der Waals surface area contributed by atoms with Crippen LogP contribution in [0, 0.1) is 0 Å². The van der Waals surface area contributed by atoms with Crippen LogP contribution in [0.3, 0.4) is 0 Å². The van der Waals surface area contributed by atoms with Crippen LogP contribution in [0.5, 0.6) is 0 Å². The lowest BCUT2D eigenvalue weighted by Gasteiger charge is -2.40. The van der Waals surface area contributed by atoms with Crippen LogP contribution in [0.4, 0.5) is 4.79 Å². The minimum absolute atomic E-state index is 0.0208. The Morgan fingerprint density at radius 1 is 1.30 bits per heavy atom. The molecule has 0 aromatic heterocycles. The fraction of sp³-hybridized carbons (Fsp3) is 0.611. The summed E-state index contributed by atoms with van der Waals surface area (Å²) in [6, 6.07) is 9.95. The first-order valence-corrected chi connectivity index (χ1v) is 8.18. The van der Waals surface area contributed by atoms with E-state index in [-0.39, 0.29) is 18.2 Å². The average Bonchev–Trinajstić information content (AvgIpc) is 2.52. The molecule has 2 atom stereocenters. The summed E-state index contributed by atoms with van der Waals surface area (Å²) >= 11 is 0. The fourth-order valence-electron chi connectivity index (χ4n) is 2.82. The molecule has 1 aromatic rings. The Morgan fingerprint density at radius 2 is 2.00 bits per heavy atom. The summed E-state index contributed by atoms with van der Waals surface area (Å²) in [4.78, 5) is 14.5. The van der Waals surface area contributed by atoms with Gasteiger partial charge < -0.3 is 14.8 Å². The third kappa shape index (κ3) is 5.22. The Bertz CT molecular complexity index is 499. The topological polar surface area (TPSA) is 50.8 Å². The lowest BCUT2D eigenvalue weighted by atomic mass is 10.0. The molecular formula is C18H28N2O3. The molecule has 1 aliphatic rings. The number of nitrogens with zero attached hydrogens (tertiary/aromatic N) is 1. The van der Waals surface area contributed by atoms with Crippen molar-refractivity contribution in [1.82, 2.24) is 10.2 Å². The molecule has 1 aliphatic heterocycles. The summed E-state index contributed by atoms with van der Waals surface area (Å²) in [5.74, 6) is 0. The van der Waals surface area contributed by atoms with Crippen LogP contribution in [0.2, 0.25) is 0 Å². The van der Waals surface area contributed by atoms with Crippen LogP contribution in [0.1, 0.15) is 32.8 Å². The van der Waals surface area contributed by atoms with Gasteiger partial charge in [-0.2, -0.15) is 0 Å². The summed E-state index contributed by atoms with van der Waals surface area (Å²) in [5, 5.41) is 3.35. The number of hydrogen-bond acceptors (Lipinski definition) is 4. The van der Waals surface area contributed by atoms with Crippen molar-refractivity contribution in [3.8, 4) is 0 Å². The van der Waals surface area contributed by atoms with Gasteiger partial charge in [-0.25, -0.2) is 4.79 Å². The van der Waals surface area contributed by atoms with Gasteiger partial charge >= 0.3 is 6.09 Å². The van der Waals surface area contributed by atoms with E-state index in [4.69, 9.17) is 9.47 Å². The van der Waals surface area contributed by atoms with E-state index in [0.717, 1.165) is 18.5 Å². The molecule has 0 saturated carbocycles. The van der Waals surface area contributed by atoms with Gasteiger partial charge in [0.2, 0.25) is 0 Å². The van der Waals surface area contributed by atoms with E-state index >= 15 is 0 Å². The van der Waals surface area contributed by atoms with Crippen LogP contribution in [0.25, 0.3) is 0 Å². The minimum atomic E-state index is -0.517. The van der Waals surface area contributed by atoms with E-state index < -0.39 is 5.60 Å². The molecule has 1 N–H and O–H groups in total. The smallest absolute Gasteiger partial charge is 0.410 e. The van der Waals surface area contributed by atoms with Gasteiger partial charge in [-0.1, -0.05) is 30.3 Å². The predicted octanol–water partition coefficient (Wildman–Crippen LogP) is 2.80. The van der Waals surface area contributed by atoms with E-state index in [1.165, 1.54) is 0 Å². The van der Waals surface area contributed by atoms with E-state index in [9.17, 15) is 4.79 Å². The Labute approximate surface area is 139 Å². The molecule has 1 amide bonds. The zero-order valence-electron chi connectivity index (χ0n) is 14.5. The molecule has 2 unspecified atom stereocenters. The van der Waals surface area contributed by atoms with Crippen molar-refractivity contribution < 1.29 is 14.3 Å². The van der Waals surface area contributed by atoms with Gasteiger partial charge in [0, 0.05) is 20.2 Å². The molecule has 5 heteroatoms. The Balaban J connectivity index is 2.21. The second-order valence-electron chi connectivity index (χ2n) is 6.93. The maximum Gasteiger partial charge on any atom is 0.410 e. The molecule has 0 radical (unpaired) electrons. The van der Waals surface area contributed by atoms with Crippen molar-refractivity contribution in [2.45, 2.75) is 51.5 Å². The van der Waals surface area contributed by atoms with Crippen LogP contribution in [-0.2, 0) is 16.0 Å². The fourth-order valence-corrected chi connectivity index (χ4v) is 2.82. The van der Waals surface area contributed by atoms with Gasteiger partial charge in [-0.05, 0) is 39.3 Å². The second kappa shape index (κ2) is 7.79. The quantitative estimate of drug-likeness (QED) is 0.927. The number of rotatable bonds is 4. The maximum absolute atomic E-state index is 12.7.